The third-order valence-corrected chi connectivity index (χ3v) is 6.35. The first-order valence-corrected chi connectivity index (χ1v) is 10.4. The van der Waals surface area contributed by atoms with Gasteiger partial charge in [0.1, 0.15) is 9.84 Å². The minimum Gasteiger partial charge on any atom is -0.323 e. The molecule has 1 aliphatic rings. The Morgan fingerprint density at radius 1 is 1.32 bits per heavy atom. The Kier molecular flexibility index (Phi) is 4.94. The van der Waals surface area contributed by atoms with Crippen molar-refractivity contribution in [1.29, 1.82) is 0 Å². The number of aromatic nitrogens is 2. The minimum atomic E-state index is -2.97. The van der Waals surface area contributed by atoms with Gasteiger partial charge in [0.2, 0.25) is 5.91 Å². The van der Waals surface area contributed by atoms with Crippen LogP contribution in [0, 0.1) is 12.8 Å². The van der Waals surface area contributed by atoms with Gasteiger partial charge >= 0.3 is 0 Å². The van der Waals surface area contributed by atoms with Crippen molar-refractivity contribution in [2.75, 3.05) is 16.8 Å². The van der Waals surface area contributed by atoms with Crippen LogP contribution in [0.2, 0.25) is 0 Å². The Bertz CT molecular complexity index is 873. The predicted octanol–water partition coefficient (Wildman–Crippen LogP) is 2.51. The van der Waals surface area contributed by atoms with Crippen LogP contribution in [0.3, 0.4) is 0 Å². The molecule has 0 atom stereocenters. The quantitative estimate of drug-likeness (QED) is 0.907. The van der Waals surface area contributed by atoms with Gasteiger partial charge in [-0.25, -0.2) is 13.1 Å². The van der Waals surface area contributed by atoms with Crippen LogP contribution in [0.5, 0.6) is 0 Å². The summed E-state index contributed by atoms with van der Waals surface area (Å²) >= 11 is 0. The van der Waals surface area contributed by atoms with Crippen LogP contribution in [-0.2, 0) is 21.1 Å². The SMILES string of the molecule is CCc1c(NC(=O)C2CCS(=O)(=O)CC2)cnn1-c1cccc(C)c1. The molecule has 1 aliphatic heterocycles. The van der Waals surface area contributed by atoms with Gasteiger partial charge in [-0.15, -0.1) is 0 Å². The first-order chi connectivity index (χ1) is 11.9. The van der Waals surface area contributed by atoms with Crippen molar-refractivity contribution in [3.8, 4) is 5.69 Å². The van der Waals surface area contributed by atoms with Gasteiger partial charge in [0.15, 0.2) is 0 Å². The highest BCUT2D eigenvalue weighted by atomic mass is 32.2. The second kappa shape index (κ2) is 7.00. The summed E-state index contributed by atoms with van der Waals surface area (Å²) in [7, 11) is -2.97. The van der Waals surface area contributed by atoms with E-state index in [9.17, 15) is 13.2 Å². The van der Waals surface area contributed by atoms with E-state index in [0.29, 0.717) is 18.5 Å². The van der Waals surface area contributed by atoms with Gasteiger partial charge in [0, 0.05) is 5.92 Å². The molecule has 1 amide bonds. The second-order valence-corrected chi connectivity index (χ2v) is 8.83. The van der Waals surface area contributed by atoms with Gasteiger partial charge in [0.05, 0.1) is 34.8 Å². The summed E-state index contributed by atoms with van der Waals surface area (Å²) in [5.41, 5.74) is 3.73. The van der Waals surface area contributed by atoms with E-state index in [1.54, 1.807) is 6.20 Å². The van der Waals surface area contributed by atoms with E-state index in [1.807, 2.05) is 42.8 Å². The molecule has 6 nitrogen and oxygen atoms in total. The fourth-order valence-electron chi connectivity index (χ4n) is 3.19. The zero-order valence-electron chi connectivity index (χ0n) is 14.5. The number of nitrogens with one attached hydrogen (secondary N) is 1. The van der Waals surface area contributed by atoms with Crippen molar-refractivity contribution >= 4 is 21.4 Å². The Balaban J connectivity index is 1.78. The number of aryl methyl sites for hydroxylation is 1. The van der Waals surface area contributed by atoms with Crippen LogP contribution in [0.15, 0.2) is 30.5 Å². The highest BCUT2D eigenvalue weighted by Gasteiger charge is 2.29. The summed E-state index contributed by atoms with van der Waals surface area (Å²) in [4.78, 5) is 12.5. The normalized spacial score (nSPS) is 17.4. The predicted molar refractivity (Wildman–Crippen MR) is 97.7 cm³/mol. The van der Waals surface area contributed by atoms with Crippen molar-refractivity contribution in [2.24, 2.45) is 5.92 Å². The van der Waals surface area contributed by atoms with Gasteiger partial charge in [-0.2, -0.15) is 5.10 Å². The van der Waals surface area contributed by atoms with E-state index in [-0.39, 0.29) is 23.3 Å². The number of hydrogen-bond acceptors (Lipinski definition) is 4. The highest BCUT2D eigenvalue weighted by Crippen LogP contribution is 2.24. The summed E-state index contributed by atoms with van der Waals surface area (Å²) in [5.74, 6) is -0.188. The average Bonchev–Trinajstić information content (AvgIpc) is 2.97. The molecule has 1 aromatic carbocycles. The molecule has 1 saturated heterocycles. The maximum atomic E-state index is 12.5. The number of benzene rings is 1. The summed E-state index contributed by atoms with van der Waals surface area (Å²) in [6.45, 7) is 4.05. The third kappa shape index (κ3) is 3.92. The Morgan fingerprint density at radius 3 is 2.68 bits per heavy atom. The molecule has 0 radical (unpaired) electrons. The summed E-state index contributed by atoms with van der Waals surface area (Å²) < 4.78 is 24.9. The van der Waals surface area contributed by atoms with E-state index >= 15 is 0 Å². The van der Waals surface area contributed by atoms with Crippen LogP contribution in [0.1, 0.15) is 31.0 Å². The number of carbonyl (C=O) groups is 1. The van der Waals surface area contributed by atoms with Gasteiger partial charge in [-0.05, 0) is 43.9 Å². The summed E-state index contributed by atoms with van der Waals surface area (Å²) in [6, 6.07) is 8.03. The third-order valence-electron chi connectivity index (χ3n) is 4.63. The van der Waals surface area contributed by atoms with Gasteiger partial charge in [0.25, 0.3) is 0 Å². The molecule has 134 valence electrons. The van der Waals surface area contributed by atoms with E-state index in [1.165, 1.54) is 0 Å². The smallest absolute Gasteiger partial charge is 0.227 e. The molecule has 0 bridgehead atoms. The van der Waals surface area contributed by atoms with Crippen molar-refractivity contribution in [3.05, 3.63) is 41.7 Å². The lowest BCUT2D eigenvalue weighted by Gasteiger charge is -2.21. The minimum absolute atomic E-state index is 0.0915. The van der Waals surface area contributed by atoms with Crippen molar-refractivity contribution < 1.29 is 13.2 Å². The number of amides is 1. The Morgan fingerprint density at radius 2 is 2.04 bits per heavy atom. The maximum absolute atomic E-state index is 12.5. The fourth-order valence-corrected chi connectivity index (χ4v) is 4.68. The molecule has 0 unspecified atom stereocenters. The lowest BCUT2D eigenvalue weighted by molar-refractivity contribution is -0.120. The largest absolute Gasteiger partial charge is 0.323 e. The number of sulfone groups is 1. The van der Waals surface area contributed by atoms with Crippen molar-refractivity contribution in [3.63, 3.8) is 0 Å². The van der Waals surface area contributed by atoms with Crippen LogP contribution in [0.25, 0.3) is 5.69 Å². The molecule has 25 heavy (non-hydrogen) atoms. The zero-order chi connectivity index (χ0) is 18.0. The second-order valence-electron chi connectivity index (χ2n) is 6.52. The van der Waals surface area contributed by atoms with E-state index in [2.05, 4.69) is 10.4 Å². The summed E-state index contributed by atoms with van der Waals surface area (Å²) in [5, 5.41) is 7.37. The first kappa shape index (κ1) is 17.7. The number of hydrogen-bond donors (Lipinski definition) is 1. The number of anilines is 1. The topological polar surface area (TPSA) is 81.1 Å². The zero-order valence-corrected chi connectivity index (χ0v) is 15.3. The molecule has 2 aromatic rings. The van der Waals surface area contributed by atoms with Gasteiger partial charge < -0.3 is 5.32 Å². The molecule has 1 fully saturated rings. The van der Waals surface area contributed by atoms with E-state index < -0.39 is 9.84 Å². The van der Waals surface area contributed by atoms with Crippen LogP contribution >= 0.6 is 0 Å². The van der Waals surface area contributed by atoms with Gasteiger partial charge in [-0.3, -0.25) is 4.79 Å². The molecule has 0 aliphatic carbocycles. The molecular weight excluding hydrogens is 338 g/mol. The summed E-state index contributed by atoms with van der Waals surface area (Å²) in [6.07, 6.45) is 3.17. The number of carbonyl (C=O) groups excluding carboxylic acids is 1. The lowest BCUT2D eigenvalue weighted by Crippen LogP contribution is -2.32. The van der Waals surface area contributed by atoms with Crippen LogP contribution in [0.4, 0.5) is 5.69 Å². The molecule has 0 saturated carbocycles. The molecule has 1 aromatic heterocycles. The van der Waals surface area contributed by atoms with Crippen LogP contribution < -0.4 is 5.32 Å². The van der Waals surface area contributed by atoms with Crippen molar-refractivity contribution in [1.82, 2.24) is 9.78 Å². The monoisotopic (exact) mass is 361 g/mol. The van der Waals surface area contributed by atoms with Crippen molar-refractivity contribution in [2.45, 2.75) is 33.1 Å². The van der Waals surface area contributed by atoms with Crippen LogP contribution in [-0.4, -0.2) is 35.6 Å². The van der Waals surface area contributed by atoms with E-state index in [4.69, 9.17) is 0 Å². The number of rotatable bonds is 4. The maximum Gasteiger partial charge on any atom is 0.227 e. The standard InChI is InChI=1S/C18H23N3O3S/c1-3-17-16(12-19-21(17)15-6-4-5-13(2)11-15)20-18(22)14-7-9-25(23,24)10-8-14/h4-6,11-12,14H,3,7-10H2,1-2H3,(H,20,22). The molecule has 1 N–H and O–H groups in total. The Labute approximate surface area is 148 Å². The first-order valence-electron chi connectivity index (χ1n) is 8.55. The molecular formula is C18H23N3O3S. The average molecular weight is 361 g/mol. The Hall–Kier alpha value is -2.15. The number of nitrogens with zero attached hydrogens (tertiary/aromatic N) is 2. The fraction of sp³-hybridized carbons (Fsp3) is 0.444. The van der Waals surface area contributed by atoms with Gasteiger partial charge in [-0.1, -0.05) is 19.1 Å². The molecule has 3 rings (SSSR count). The lowest BCUT2D eigenvalue weighted by atomic mass is 10.0. The highest BCUT2D eigenvalue weighted by molar-refractivity contribution is 7.91. The molecule has 0 spiro atoms. The molecule has 7 heteroatoms. The van der Waals surface area contributed by atoms with E-state index in [0.717, 1.165) is 23.4 Å². The molecule has 2 heterocycles.